The van der Waals surface area contributed by atoms with Gasteiger partial charge in [0.15, 0.2) is 0 Å². The zero-order valence-electron chi connectivity index (χ0n) is 9.98. The largest absolute Gasteiger partial charge is 0.382 e. The van der Waals surface area contributed by atoms with Crippen molar-refractivity contribution >= 4 is 5.71 Å². The highest BCUT2D eigenvalue weighted by Crippen LogP contribution is 2.56. The van der Waals surface area contributed by atoms with Crippen LogP contribution in [0.3, 0.4) is 0 Å². The van der Waals surface area contributed by atoms with E-state index in [4.69, 9.17) is 0 Å². The lowest BCUT2D eigenvalue weighted by molar-refractivity contribution is -0.304. The molecule has 0 N–H and O–H groups in total. The van der Waals surface area contributed by atoms with Crippen LogP contribution in [-0.2, 0) is 0 Å². The molecule has 0 bridgehead atoms. The van der Waals surface area contributed by atoms with Crippen molar-refractivity contribution in [1.29, 1.82) is 0 Å². The summed E-state index contributed by atoms with van der Waals surface area (Å²) in [4.78, 5) is 2.26. The highest BCUT2D eigenvalue weighted by atomic mass is 19.3. The maximum atomic E-state index is 13.7. The molecule has 0 fully saturated rings. The monoisotopic (exact) mass is 299 g/mol. The highest BCUT2D eigenvalue weighted by molar-refractivity contribution is 6.07. The second-order valence-corrected chi connectivity index (χ2v) is 4.52. The molecule has 1 aromatic carbocycles. The molecule has 0 amide bonds. The Labute approximate surface area is 109 Å². The molecule has 0 aromatic heterocycles. The van der Waals surface area contributed by atoms with Gasteiger partial charge >= 0.3 is 17.9 Å². The molecule has 8 heteroatoms. The standard InChI is InChI=1S/C12H8F7N/c1-9(13)11(16,17)10(14,15)8(20-12(9,18)19)7-5-3-2-4-6-7/h2-6H,1H3. The quantitative estimate of drug-likeness (QED) is 0.547. The molecular formula is C12H8F7N. The van der Waals surface area contributed by atoms with Gasteiger partial charge in [0.2, 0.25) is 0 Å². The summed E-state index contributed by atoms with van der Waals surface area (Å²) in [5.74, 6) is -10.8. The van der Waals surface area contributed by atoms with E-state index in [2.05, 4.69) is 4.99 Å². The van der Waals surface area contributed by atoms with E-state index < -0.39 is 34.8 Å². The smallest absolute Gasteiger partial charge is 0.228 e. The maximum Gasteiger partial charge on any atom is 0.382 e. The number of alkyl halides is 7. The van der Waals surface area contributed by atoms with Crippen LogP contribution in [0, 0.1) is 0 Å². The molecule has 1 aliphatic rings. The number of hydrogen-bond donors (Lipinski definition) is 0. The first-order chi connectivity index (χ1) is 8.95. The zero-order chi connectivity index (χ0) is 15.4. The molecule has 1 nitrogen and oxygen atoms in total. The average Bonchev–Trinajstić information content (AvgIpc) is 2.35. The van der Waals surface area contributed by atoms with Crippen molar-refractivity contribution < 1.29 is 30.7 Å². The molecule has 1 unspecified atom stereocenters. The van der Waals surface area contributed by atoms with Gasteiger partial charge < -0.3 is 0 Å². The fourth-order valence-corrected chi connectivity index (χ4v) is 1.79. The third kappa shape index (κ3) is 1.66. The maximum absolute atomic E-state index is 13.7. The normalized spacial score (nSPS) is 30.7. The summed E-state index contributed by atoms with van der Waals surface area (Å²) in [6.07, 6.45) is 0. The summed E-state index contributed by atoms with van der Waals surface area (Å²) in [6, 6.07) is 0.616. The van der Waals surface area contributed by atoms with Crippen LogP contribution in [-0.4, -0.2) is 29.3 Å². The first kappa shape index (κ1) is 14.8. The van der Waals surface area contributed by atoms with Gasteiger partial charge in [-0.25, -0.2) is 9.38 Å². The van der Waals surface area contributed by atoms with E-state index in [0.717, 1.165) is 12.1 Å². The molecule has 1 heterocycles. The first-order valence-electron chi connectivity index (χ1n) is 5.43. The minimum Gasteiger partial charge on any atom is -0.228 e. The van der Waals surface area contributed by atoms with Gasteiger partial charge in [-0.2, -0.15) is 26.3 Å². The van der Waals surface area contributed by atoms with Gasteiger partial charge in [0.05, 0.1) is 0 Å². The number of halogens is 7. The molecule has 0 aliphatic carbocycles. The van der Waals surface area contributed by atoms with Crippen LogP contribution < -0.4 is 0 Å². The van der Waals surface area contributed by atoms with E-state index in [0.29, 0.717) is 0 Å². The zero-order valence-corrected chi connectivity index (χ0v) is 9.98. The summed E-state index contributed by atoms with van der Waals surface area (Å²) >= 11 is 0. The Kier molecular flexibility index (Phi) is 2.93. The summed E-state index contributed by atoms with van der Waals surface area (Å²) < 4.78 is 94.7. The molecule has 1 atom stereocenters. The summed E-state index contributed by atoms with van der Waals surface area (Å²) in [5, 5.41) is 0. The van der Waals surface area contributed by atoms with E-state index in [1.807, 2.05) is 0 Å². The van der Waals surface area contributed by atoms with Crippen LogP contribution in [0.1, 0.15) is 12.5 Å². The molecule has 1 aromatic rings. The molecule has 0 spiro atoms. The fourth-order valence-electron chi connectivity index (χ4n) is 1.79. The highest BCUT2D eigenvalue weighted by Gasteiger charge is 2.81. The number of nitrogens with zero attached hydrogens (tertiary/aromatic N) is 1. The fraction of sp³-hybridized carbons (Fsp3) is 0.417. The Balaban J connectivity index is 2.73. The van der Waals surface area contributed by atoms with E-state index >= 15 is 0 Å². The molecule has 110 valence electrons. The van der Waals surface area contributed by atoms with E-state index in [1.165, 1.54) is 18.2 Å². The Morgan fingerprint density at radius 2 is 1.35 bits per heavy atom. The molecule has 2 rings (SSSR count). The van der Waals surface area contributed by atoms with Crippen molar-refractivity contribution in [3.8, 4) is 0 Å². The topological polar surface area (TPSA) is 12.4 Å². The van der Waals surface area contributed by atoms with E-state index in [-0.39, 0.29) is 6.92 Å². The Hall–Kier alpha value is -1.60. The van der Waals surface area contributed by atoms with Crippen molar-refractivity contribution in [3.63, 3.8) is 0 Å². The Bertz CT molecular complexity index is 548. The minimum atomic E-state index is -5.60. The second kappa shape index (κ2) is 3.95. The van der Waals surface area contributed by atoms with Gasteiger partial charge in [0.1, 0.15) is 5.71 Å². The van der Waals surface area contributed by atoms with Gasteiger partial charge in [-0.05, 0) is 6.92 Å². The van der Waals surface area contributed by atoms with Crippen LogP contribution in [0.25, 0.3) is 0 Å². The van der Waals surface area contributed by atoms with Crippen LogP contribution in [0.4, 0.5) is 30.7 Å². The summed E-state index contributed by atoms with van der Waals surface area (Å²) in [6.45, 7) is -0.286. The van der Waals surface area contributed by atoms with Crippen molar-refractivity contribution in [1.82, 2.24) is 0 Å². The van der Waals surface area contributed by atoms with Gasteiger partial charge in [0.25, 0.3) is 5.67 Å². The van der Waals surface area contributed by atoms with Crippen molar-refractivity contribution in [2.24, 2.45) is 4.99 Å². The van der Waals surface area contributed by atoms with Crippen LogP contribution in [0.5, 0.6) is 0 Å². The van der Waals surface area contributed by atoms with Gasteiger partial charge in [-0.3, -0.25) is 0 Å². The second-order valence-electron chi connectivity index (χ2n) is 4.52. The van der Waals surface area contributed by atoms with Crippen molar-refractivity contribution in [3.05, 3.63) is 35.9 Å². The number of rotatable bonds is 1. The minimum absolute atomic E-state index is 0.286. The van der Waals surface area contributed by atoms with E-state index in [1.54, 1.807) is 0 Å². The number of benzene rings is 1. The Morgan fingerprint density at radius 3 is 1.85 bits per heavy atom. The van der Waals surface area contributed by atoms with Gasteiger partial charge in [0, 0.05) is 5.56 Å². The van der Waals surface area contributed by atoms with Crippen molar-refractivity contribution in [2.45, 2.75) is 30.5 Å². The lowest BCUT2D eigenvalue weighted by Crippen LogP contribution is -2.68. The van der Waals surface area contributed by atoms with Crippen molar-refractivity contribution in [2.75, 3.05) is 0 Å². The van der Waals surface area contributed by atoms with Crippen LogP contribution in [0.15, 0.2) is 35.3 Å². The van der Waals surface area contributed by atoms with Gasteiger partial charge in [-0.1, -0.05) is 30.3 Å². The number of hydrogen-bond acceptors (Lipinski definition) is 1. The molecular weight excluding hydrogens is 291 g/mol. The summed E-state index contributed by atoms with van der Waals surface area (Å²) in [5.41, 5.74) is -7.24. The average molecular weight is 299 g/mol. The third-order valence-corrected chi connectivity index (χ3v) is 3.15. The predicted octanol–water partition coefficient (Wildman–Crippen LogP) is 4.08. The molecule has 1 aliphatic heterocycles. The van der Waals surface area contributed by atoms with Gasteiger partial charge in [-0.15, -0.1) is 0 Å². The lowest BCUT2D eigenvalue weighted by Gasteiger charge is -2.42. The third-order valence-electron chi connectivity index (χ3n) is 3.15. The SMILES string of the molecule is CC1(F)C(F)(F)N=C(c2ccccc2)C(F)(F)C1(F)F. The molecule has 0 radical (unpaired) electrons. The van der Waals surface area contributed by atoms with E-state index in [9.17, 15) is 30.7 Å². The lowest BCUT2D eigenvalue weighted by atomic mass is 9.84. The summed E-state index contributed by atoms with van der Waals surface area (Å²) in [7, 11) is 0. The molecule has 0 saturated heterocycles. The van der Waals surface area contributed by atoms with Crippen LogP contribution >= 0.6 is 0 Å². The molecule has 20 heavy (non-hydrogen) atoms. The first-order valence-corrected chi connectivity index (χ1v) is 5.43. The molecule has 0 saturated carbocycles. The predicted molar refractivity (Wildman–Crippen MR) is 57.3 cm³/mol. The van der Waals surface area contributed by atoms with Crippen LogP contribution in [0.2, 0.25) is 0 Å². The number of aliphatic imine (C=N–C) groups is 1. The Morgan fingerprint density at radius 1 is 0.850 bits per heavy atom.